The Hall–Kier alpha value is -2.22. The van der Waals surface area contributed by atoms with Gasteiger partial charge in [0.15, 0.2) is 9.84 Å². The Morgan fingerprint density at radius 2 is 2.09 bits per heavy atom. The highest BCUT2D eigenvalue weighted by Gasteiger charge is 2.28. The first-order valence-electron chi connectivity index (χ1n) is 7.21. The summed E-state index contributed by atoms with van der Waals surface area (Å²) in [5, 5.41) is 2.75. The van der Waals surface area contributed by atoms with E-state index in [-0.39, 0.29) is 29.1 Å². The van der Waals surface area contributed by atoms with Gasteiger partial charge in [0, 0.05) is 12.2 Å². The number of imidazole rings is 1. The third-order valence-corrected chi connectivity index (χ3v) is 5.69. The molecule has 6 nitrogen and oxygen atoms in total. The molecule has 1 aromatic carbocycles. The number of hydrogen-bond donors (Lipinski definition) is 1. The van der Waals surface area contributed by atoms with E-state index in [1.165, 1.54) is 24.7 Å². The fraction of sp³-hybridized carbons (Fsp3) is 0.333. The number of carbonyl (C=O) groups is 1. The third kappa shape index (κ3) is 3.58. The van der Waals surface area contributed by atoms with Crippen molar-refractivity contribution in [3.8, 4) is 5.69 Å². The van der Waals surface area contributed by atoms with E-state index in [0.717, 1.165) is 0 Å². The number of nitrogens with zero attached hydrogens (tertiary/aromatic N) is 2. The zero-order valence-electron chi connectivity index (χ0n) is 12.3. The first kappa shape index (κ1) is 15.7. The minimum absolute atomic E-state index is 0.0499. The van der Waals surface area contributed by atoms with Crippen LogP contribution in [-0.2, 0) is 9.84 Å². The molecule has 0 aliphatic carbocycles. The van der Waals surface area contributed by atoms with Gasteiger partial charge in [-0.3, -0.25) is 9.36 Å². The second-order valence-electron chi connectivity index (χ2n) is 5.60. The lowest BCUT2D eigenvalue weighted by Gasteiger charge is -2.11. The first-order valence-corrected chi connectivity index (χ1v) is 9.04. The van der Waals surface area contributed by atoms with E-state index in [9.17, 15) is 17.6 Å². The number of halogens is 1. The fourth-order valence-electron chi connectivity index (χ4n) is 2.63. The van der Waals surface area contributed by atoms with Gasteiger partial charge in [-0.1, -0.05) is 0 Å². The van der Waals surface area contributed by atoms with Crippen LogP contribution in [-0.4, -0.2) is 41.9 Å². The molecule has 1 aliphatic heterocycles. The Bertz CT molecular complexity index is 815. The highest BCUT2D eigenvalue weighted by Crippen LogP contribution is 2.18. The van der Waals surface area contributed by atoms with E-state index in [4.69, 9.17) is 0 Å². The standard InChI is InChI=1S/C15H16FN3O3S/c16-12-1-3-13(4-2-12)19-10-17-8-14(19)15(20)18-7-11-5-6-23(21,22)9-11/h1-4,8,10-11H,5-7,9H2,(H,18,20). The van der Waals surface area contributed by atoms with Crippen molar-refractivity contribution in [1.29, 1.82) is 0 Å². The van der Waals surface area contributed by atoms with Gasteiger partial charge in [0.05, 0.1) is 24.0 Å². The first-order chi connectivity index (χ1) is 10.9. The van der Waals surface area contributed by atoms with Crippen LogP contribution in [0.3, 0.4) is 0 Å². The molecular formula is C15H16FN3O3S. The highest BCUT2D eigenvalue weighted by molar-refractivity contribution is 7.91. The second-order valence-corrected chi connectivity index (χ2v) is 7.83. The Morgan fingerprint density at radius 3 is 2.74 bits per heavy atom. The predicted molar refractivity (Wildman–Crippen MR) is 82.6 cm³/mol. The molecule has 2 aromatic rings. The summed E-state index contributed by atoms with van der Waals surface area (Å²) in [6, 6.07) is 5.72. The Kier molecular flexibility index (Phi) is 4.16. The molecule has 1 fully saturated rings. The number of rotatable bonds is 4. The van der Waals surface area contributed by atoms with Gasteiger partial charge in [0.2, 0.25) is 0 Å². The zero-order valence-corrected chi connectivity index (χ0v) is 13.1. The van der Waals surface area contributed by atoms with Gasteiger partial charge in [-0.2, -0.15) is 0 Å². The van der Waals surface area contributed by atoms with Gasteiger partial charge in [-0.25, -0.2) is 17.8 Å². The smallest absolute Gasteiger partial charge is 0.269 e. The zero-order chi connectivity index (χ0) is 16.4. The van der Waals surface area contributed by atoms with Gasteiger partial charge in [-0.05, 0) is 36.6 Å². The molecule has 0 radical (unpaired) electrons. The molecule has 1 aromatic heterocycles. The lowest BCUT2D eigenvalue weighted by Crippen LogP contribution is -2.31. The Balaban J connectivity index is 1.69. The monoisotopic (exact) mass is 337 g/mol. The second kappa shape index (κ2) is 6.11. The molecule has 1 atom stereocenters. The number of benzene rings is 1. The van der Waals surface area contributed by atoms with E-state index in [1.807, 2.05) is 0 Å². The van der Waals surface area contributed by atoms with Crippen molar-refractivity contribution in [3.63, 3.8) is 0 Å². The summed E-state index contributed by atoms with van der Waals surface area (Å²) in [4.78, 5) is 16.2. The normalized spacial score (nSPS) is 19.6. The maximum Gasteiger partial charge on any atom is 0.269 e. The van der Waals surface area contributed by atoms with E-state index < -0.39 is 9.84 Å². The number of nitrogens with one attached hydrogen (secondary N) is 1. The molecule has 3 rings (SSSR count). The molecular weight excluding hydrogens is 321 g/mol. The molecule has 23 heavy (non-hydrogen) atoms. The van der Waals surface area contributed by atoms with Crippen molar-refractivity contribution in [3.05, 3.63) is 48.3 Å². The molecule has 1 aliphatic rings. The van der Waals surface area contributed by atoms with Crippen molar-refractivity contribution in [2.45, 2.75) is 6.42 Å². The molecule has 1 unspecified atom stereocenters. The van der Waals surface area contributed by atoms with Gasteiger partial charge in [0.1, 0.15) is 11.5 Å². The van der Waals surface area contributed by atoms with E-state index >= 15 is 0 Å². The summed E-state index contributed by atoms with van der Waals surface area (Å²) in [5.41, 5.74) is 0.940. The summed E-state index contributed by atoms with van der Waals surface area (Å²) in [6.45, 7) is 0.312. The topological polar surface area (TPSA) is 81.1 Å². The summed E-state index contributed by atoms with van der Waals surface area (Å²) >= 11 is 0. The number of amides is 1. The molecule has 122 valence electrons. The molecule has 0 saturated carbocycles. The molecule has 8 heteroatoms. The van der Waals surface area contributed by atoms with Gasteiger partial charge < -0.3 is 5.32 Å². The van der Waals surface area contributed by atoms with Crippen LogP contribution in [0.4, 0.5) is 4.39 Å². The quantitative estimate of drug-likeness (QED) is 0.908. The van der Waals surface area contributed by atoms with Gasteiger partial charge in [0.25, 0.3) is 5.91 Å². The SMILES string of the molecule is O=C(NCC1CCS(=O)(=O)C1)c1cncn1-c1ccc(F)cc1. The fourth-order valence-corrected chi connectivity index (χ4v) is 4.49. The number of aromatic nitrogens is 2. The average Bonchev–Trinajstić information content (AvgIpc) is 3.12. The lowest BCUT2D eigenvalue weighted by molar-refractivity contribution is 0.0941. The van der Waals surface area contributed by atoms with Crippen LogP contribution in [0.15, 0.2) is 36.8 Å². The minimum atomic E-state index is -2.96. The largest absolute Gasteiger partial charge is 0.350 e. The molecule has 2 heterocycles. The molecule has 0 spiro atoms. The molecule has 0 bridgehead atoms. The van der Waals surface area contributed by atoms with Crippen molar-refractivity contribution < 1.29 is 17.6 Å². The van der Waals surface area contributed by atoms with Crippen molar-refractivity contribution in [1.82, 2.24) is 14.9 Å². The summed E-state index contributed by atoms with van der Waals surface area (Å²) in [6.07, 6.45) is 3.46. The number of hydrogen-bond acceptors (Lipinski definition) is 4. The van der Waals surface area contributed by atoms with Crippen LogP contribution in [0.5, 0.6) is 0 Å². The number of sulfone groups is 1. The maximum absolute atomic E-state index is 13.0. The Labute approximate surface area is 133 Å². The Morgan fingerprint density at radius 1 is 1.35 bits per heavy atom. The van der Waals surface area contributed by atoms with E-state index in [1.54, 1.807) is 16.7 Å². The van der Waals surface area contributed by atoms with Crippen molar-refractivity contribution in [2.24, 2.45) is 5.92 Å². The number of carbonyl (C=O) groups excluding carboxylic acids is 1. The average molecular weight is 337 g/mol. The third-order valence-electron chi connectivity index (χ3n) is 3.85. The van der Waals surface area contributed by atoms with Crippen LogP contribution >= 0.6 is 0 Å². The van der Waals surface area contributed by atoms with Crippen molar-refractivity contribution >= 4 is 15.7 Å². The molecule has 1 saturated heterocycles. The van der Waals surface area contributed by atoms with Crippen LogP contribution in [0.1, 0.15) is 16.9 Å². The van der Waals surface area contributed by atoms with E-state index in [0.29, 0.717) is 24.3 Å². The van der Waals surface area contributed by atoms with Crippen LogP contribution in [0.2, 0.25) is 0 Å². The van der Waals surface area contributed by atoms with Crippen LogP contribution in [0, 0.1) is 11.7 Å². The summed E-state index contributed by atoms with van der Waals surface area (Å²) in [7, 11) is -2.96. The van der Waals surface area contributed by atoms with Gasteiger partial charge >= 0.3 is 0 Å². The van der Waals surface area contributed by atoms with E-state index in [2.05, 4.69) is 10.3 Å². The highest BCUT2D eigenvalue weighted by atomic mass is 32.2. The van der Waals surface area contributed by atoms with Crippen LogP contribution in [0.25, 0.3) is 5.69 Å². The van der Waals surface area contributed by atoms with Crippen molar-refractivity contribution in [2.75, 3.05) is 18.1 Å². The van der Waals surface area contributed by atoms with Crippen LogP contribution < -0.4 is 5.32 Å². The minimum Gasteiger partial charge on any atom is -0.350 e. The molecule has 1 N–H and O–H groups in total. The van der Waals surface area contributed by atoms with Gasteiger partial charge in [-0.15, -0.1) is 0 Å². The lowest BCUT2D eigenvalue weighted by atomic mass is 10.1. The maximum atomic E-state index is 13.0. The summed E-state index contributed by atoms with van der Waals surface area (Å²) < 4.78 is 37.4. The predicted octanol–water partition coefficient (Wildman–Crippen LogP) is 1.18. The summed E-state index contributed by atoms with van der Waals surface area (Å²) in [5.74, 6) is -0.449. The molecule has 1 amide bonds.